The quantitative estimate of drug-likeness (QED) is 0.0636. The van der Waals surface area contributed by atoms with Crippen LogP contribution in [0.25, 0.3) is 0 Å². The molecular weight excluding hydrogens is 512 g/mol. The van der Waals surface area contributed by atoms with E-state index in [0.29, 0.717) is 6.42 Å². The van der Waals surface area contributed by atoms with Crippen LogP contribution in [0.3, 0.4) is 0 Å². The zero-order valence-electron chi connectivity index (χ0n) is 25.6. The molecule has 4 N–H and O–H groups in total. The molecule has 2 atom stereocenters. The minimum atomic E-state index is -0.514. The Morgan fingerprint density at radius 1 is 0.447 bits per heavy atom. The smallest absolute Gasteiger partial charge is 0.0778 e. The Labute approximate surface area is 246 Å². The van der Waals surface area contributed by atoms with Gasteiger partial charge >= 0.3 is 0 Å². The van der Waals surface area contributed by atoms with Crippen LogP contribution in [-0.2, 0) is 0 Å². The predicted octanol–water partition coefficient (Wildman–Crippen LogP) is 8.77. The Kier molecular flexibility index (Phi) is 40.2. The molecular formula is C32H68O4S2. The van der Waals surface area contributed by atoms with E-state index >= 15 is 0 Å². The average molecular weight is 581 g/mol. The van der Waals surface area contributed by atoms with Crippen LogP contribution in [0.4, 0.5) is 0 Å². The lowest BCUT2D eigenvalue weighted by Crippen LogP contribution is -2.12. The van der Waals surface area contributed by atoms with Gasteiger partial charge in [-0.3, -0.25) is 0 Å². The van der Waals surface area contributed by atoms with E-state index in [-0.39, 0.29) is 19.3 Å². The monoisotopic (exact) mass is 580 g/mol. The summed E-state index contributed by atoms with van der Waals surface area (Å²) in [6.07, 6.45) is 28.1. The molecule has 0 aromatic heterocycles. The summed E-state index contributed by atoms with van der Waals surface area (Å²) in [4.78, 5) is 0. The van der Waals surface area contributed by atoms with Gasteiger partial charge in [0, 0.05) is 12.4 Å². The molecule has 0 aliphatic heterocycles. The molecule has 0 spiro atoms. The first-order chi connectivity index (χ1) is 18.6. The van der Waals surface area contributed by atoms with Crippen LogP contribution in [-0.4, -0.2) is 68.9 Å². The average Bonchev–Trinajstić information content (AvgIpc) is 2.92. The van der Waals surface area contributed by atoms with Gasteiger partial charge in [-0.05, 0) is 42.9 Å². The normalized spacial score (nSPS) is 12.8. The zero-order valence-corrected chi connectivity index (χ0v) is 27.2. The standard InChI is InChI=1S/2C16H34O2S/c1-2-3-4-5-6-7-8-9-10-11-14-19-15-16(18)12-13-17;1-2-3-4-5-6-7-8-9-10-11-13-19-14-12-16(18)15-17/h2*16-18H,2-15H2,1H3. The highest BCUT2D eigenvalue weighted by molar-refractivity contribution is 7.99. The van der Waals surface area contributed by atoms with E-state index in [1.807, 2.05) is 23.5 Å². The molecule has 0 rings (SSSR count). The Morgan fingerprint density at radius 2 is 0.842 bits per heavy atom. The van der Waals surface area contributed by atoms with Gasteiger partial charge in [0.1, 0.15) is 0 Å². The molecule has 6 heteroatoms. The van der Waals surface area contributed by atoms with E-state index in [1.54, 1.807) is 0 Å². The third-order valence-corrected chi connectivity index (χ3v) is 9.16. The molecule has 232 valence electrons. The van der Waals surface area contributed by atoms with Crippen molar-refractivity contribution in [3.8, 4) is 0 Å². The summed E-state index contributed by atoms with van der Waals surface area (Å²) in [5.74, 6) is 4.10. The fourth-order valence-corrected chi connectivity index (χ4v) is 6.31. The highest BCUT2D eigenvalue weighted by Crippen LogP contribution is 2.14. The second-order valence-electron chi connectivity index (χ2n) is 10.8. The first kappa shape index (κ1) is 40.7. The van der Waals surface area contributed by atoms with Crippen LogP contribution in [0, 0.1) is 0 Å². The minimum absolute atomic E-state index is 0.0972. The second-order valence-corrected chi connectivity index (χ2v) is 13.2. The van der Waals surface area contributed by atoms with Crippen LogP contribution in [0.5, 0.6) is 0 Å². The number of rotatable bonds is 30. The number of hydrogen-bond acceptors (Lipinski definition) is 6. The van der Waals surface area contributed by atoms with Gasteiger partial charge in [0.25, 0.3) is 0 Å². The number of unbranched alkanes of at least 4 members (excludes halogenated alkanes) is 18. The van der Waals surface area contributed by atoms with E-state index in [1.165, 1.54) is 134 Å². The molecule has 4 nitrogen and oxygen atoms in total. The van der Waals surface area contributed by atoms with Crippen molar-refractivity contribution < 1.29 is 20.4 Å². The molecule has 0 bridgehead atoms. The van der Waals surface area contributed by atoms with Crippen LogP contribution in [0.15, 0.2) is 0 Å². The topological polar surface area (TPSA) is 80.9 Å². The van der Waals surface area contributed by atoms with Crippen LogP contribution >= 0.6 is 23.5 Å². The Bertz CT molecular complexity index is 402. The number of thioether (sulfide) groups is 2. The van der Waals surface area contributed by atoms with Crippen molar-refractivity contribution in [3.63, 3.8) is 0 Å². The molecule has 0 saturated carbocycles. The Balaban J connectivity index is 0. The summed E-state index contributed by atoms with van der Waals surface area (Å²) >= 11 is 3.72. The lowest BCUT2D eigenvalue weighted by atomic mass is 10.1. The van der Waals surface area contributed by atoms with Crippen LogP contribution in [0.1, 0.15) is 155 Å². The van der Waals surface area contributed by atoms with Crippen molar-refractivity contribution in [1.82, 2.24) is 0 Å². The second kappa shape index (κ2) is 37.5. The first-order valence-electron chi connectivity index (χ1n) is 16.4. The molecule has 2 unspecified atom stereocenters. The summed E-state index contributed by atoms with van der Waals surface area (Å²) in [5, 5.41) is 35.9. The van der Waals surface area contributed by atoms with Crippen LogP contribution < -0.4 is 0 Å². The van der Waals surface area contributed by atoms with Gasteiger partial charge in [-0.25, -0.2) is 0 Å². The van der Waals surface area contributed by atoms with Gasteiger partial charge < -0.3 is 20.4 Å². The summed E-state index contributed by atoms with van der Waals surface area (Å²) < 4.78 is 0. The first-order valence-corrected chi connectivity index (χ1v) is 18.7. The van der Waals surface area contributed by atoms with E-state index in [4.69, 9.17) is 10.2 Å². The lowest BCUT2D eigenvalue weighted by molar-refractivity contribution is 0.0932. The maximum atomic E-state index is 9.43. The Morgan fingerprint density at radius 3 is 1.24 bits per heavy atom. The lowest BCUT2D eigenvalue weighted by Gasteiger charge is -2.08. The van der Waals surface area contributed by atoms with Crippen molar-refractivity contribution >= 4 is 23.5 Å². The molecule has 0 heterocycles. The third-order valence-electron chi connectivity index (χ3n) is 6.86. The fraction of sp³-hybridized carbons (Fsp3) is 1.00. The van der Waals surface area contributed by atoms with Gasteiger partial charge in [-0.1, -0.05) is 129 Å². The number of hydrogen-bond donors (Lipinski definition) is 4. The van der Waals surface area contributed by atoms with Gasteiger partial charge in [0.2, 0.25) is 0 Å². The Hall–Kier alpha value is 0.540. The van der Waals surface area contributed by atoms with E-state index in [2.05, 4.69) is 13.8 Å². The minimum Gasteiger partial charge on any atom is -0.396 e. The van der Waals surface area contributed by atoms with Crippen LogP contribution in [0.2, 0.25) is 0 Å². The summed E-state index contributed by atoms with van der Waals surface area (Å²) in [6, 6.07) is 0. The van der Waals surface area contributed by atoms with Crippen molar-refractivity contribution in [2.75, 3.05) is 36.2 Å². The molecule has 0 aliphatic carbocycles. The highest BCUT2D eigenvalue weighted by atomic mass is 32.2. The van der Waals surface area contributed by atoms with Crippen molar-refractivity contribution in [1.29, 1.82) is 0 Å². The molecule has 0 aromatic rings. The van der Waals surface area contributed by atoms with Gasteiger partial charge in [0.05, 0.1) is 18.8 Å². The van der Waals surface area contributed by atoms with E-state index < -0.39 is 6.10 Å². The van der Waals surface area contributed by atoms with E-state index in [0.717, 1.165) is 23.7 Å². The maximum Gasteiger partial charge on any atom is 0.0778 e. The van der Waals surface area contributed by atoms with Gasteiger partial charge in [-0.15, -0.1) is 0 Å². The van der Waals surface area contributed by atoms with E-state index in [9.17, 15) is 10.2 Å². The zero-order chi connectivity index (χ0) is 28.4. The third kappa shape index (κ3) is 38.7. The summed E-state index contributed by atoms with van der Waals surface area (Å²) in [7, 11) is 0. The summed E-state index contributed by atoms with van der Waals surface area (Å²) in [5.41, 5.74) is 0. The maximum absolute atomic E-state index is 9.43. The number of aliphatic hydroxyl groups is 4. The van der Waals surface area contributed by atoms with Gasteiger partial charge in [0.15, 0.2) is 0 Å². The molecule has 38 heavy (non-hydrogen) atoms. The van der Waals surface area contributed by atoms with Crippen molar-refractivity contribution in [2.45, 2.75) is 167 Å². The largest absolute Gasteiger partial charge is 0.396 e. The molecule has 0 aliphatic rings. The molecule has 0 radical (unpaired) electrons. The molecule has 0 aromatic carbocycles. The highest BCUT2D eigenvalue weighted by Gasteiger charge is 2.03. The summed E-state index contributed by atoms with van der Waals surface area (Å²) in [6.45, 7) is 4.53. The molecule has 0 amide bonds. The van der Waals surface area contributed by atoms with Gasteiger partial charge in [-0.2, -0.15) is 23.5 Å². The molecule has 0 fully saturated rings. The van der Waals surface area contributed by atoms with Crippen molar-refractivity contribution in [2.24, 2.45) is 0 Å². The molecule has 0 saturated heterocycles. The predicted molar refractivity (Wildman–Crippen MR) is 174 cm³/mol. The SMILES string of the molecule is CCCCCCCCCCCCSCC(O)CCO.CCCCCCCCCCCCSCCC(O)CO. The van der Waals surface area contributed by atoms with Crippen molar-refractivity contribution in [3.05, 3.63) is 0 Å². The fourth-order valence-electron chi connectivity index (χ4n) is 4.25. The number of aliphatic hydroxyl groups excluding tert-OH is 4.